The number of aliphatic carboxylic acids is 2. The summed E-state index contributed by atoms with van der Waals surface area (Å²) >= 11 is 0. The van der Waals surface area contributed by atoms with Gasteiger partial charge in [-0.2, -0.15) is 0 Å². The van der Waals surface area contributed by atoms with Gasteiger partial charge in [-0.25, -0.2) is 4.79 Å². The minimum Gasteiger partial charge on any atom is -0.481 e. The number of aliphatic hydroxyl groups excluding tert-OH is 1. The number of hydrogen-bond donors (Lipinski definition) is 19. The van der Waals surface area contributed by atoms with Gasteiger partial charge in [-0.3, -0.25) is 81.5 Å². The molecule has 1 aliphatic rings. The fourth-order valence-corrected chi connectivity index (χ4v) is 11.6. The van der Waals surface area contributed by atoms with E-state index in [0.717, 1.165) is 40.3 Å². The number of ketones is 1. The minimum atomic E-state index is -2.23. The van der Waals surface area contributed by atoms with Gasteiger partial charge in [-0.05, 0) is 113 Å². The van der Waals surface area contributed by atoms with Crippen LogP contribution in [0.4, 0.5) is 5.69 Å². The average Bonchev–Trinajstić information content (AvgIpc) is 1.74. The number of hydrogen-bond acceptors (Lipinski definition) is 22. The molecule has 115 heavy (non-hydrogen) atoms. The molecule has 1 aliphatic heterocycles. The second-order valence-corrected chi connectivity index (χ2v) is 27.1. The Balaban J connectivity index is 1.36. The fraction of sp³-hybridized carbons (Fsp3) is 0.395. The molecule has 0 radical (unpaired) electrons. The number of aromatic amines is 1. The van der Waals surface area contributed by atoms with Gasteiger partial charge in [0.1, 0.15) is 72.6 Å². The topological polar surface area (TPSA) is 619 Å². The number of nitrogen functional groups attached to an aromatic ring is 1. The van der Waals surface area contributed by atoms with Crippen molar-refractivity contribution >= 4 is 123 Å². The Morgan fingerprint density at radius 2 is 1.20 bits per heavy atom. The molecule has 14 amide bonds. The number of Topliss-reactive ketones (excluding diaryl/α,β-unsaturated/α-hetero) is 1. The molecular weight excluding hydrogens is 1500 g/mol. The van der Waals surface area contributed by atoms with Crippen LogP contribution in [0.1, 0.15) is 111 Å². The number of benzene rings is 4. The Hall–Kier alpha value is -13.6. The van der Waals surface area contributed by atoms with Crippen LogP contribution in [0.15, 0.2) is 109 Å². The van der Waals surface area contributed by atoms with E-state index >= 15 is 4.79 Å². The van der Waals surface area contributed by atoms with Gasteiger partial charge in [-0.1, -0.05) is 67.3 Å². The number of carboxylic acid groups (broad SMARTS) is 2. The van der Waals surface area contributed by atoms with E-state index in [-0.39, 0.29) is 42.6 Å². The Labute approximate surface area is 658 Å². The van der Waals surface area contributed by atoms with Crippen LogP contribution in [0.25, 0.3) is 10.9 Å². The number of cyclic esters (lactones) is 1. The molecule has 1 saturated heterocycles. The van der Waals surface area contributed by atoms with Gasteiger partial charge in [-0.15, -0.1) is 0 Å². The molecule has 1 fully saturated rings. The minimum absolute atomic E-state index is 0.0489. The highest BCUT2D eigenvalue weighted by Crippen LogP contribution is 2.22. The van der Waals surface area contributed by atoms with Crippen molar-refractivity contribution in [3.05, 3.63) is 137 Å². The number of nitrogens with zero attached hydrogens (tertiary/aromatic N) is 1. The molecule has 39 nitrogen and oxygen atoms in total. The van der Waals surface area contributed by atoms with Crippen molar-refractivity contribution in [3.8, 4) is 11.8 Å². The van der Waals surface area contributed by atoms with Crippen molar-refractivity contribution in [2.24, 2.45) is 17.4 Å². The first-order valence-electron chi connectivity index (χ1n) is 36.2. The number of ether oxygens (including phenoxy) is 1. The molecule has 0 aliphatic carbocycles. The standard InChI is InChI=1S/C76H93N17O22/c1-38(29-61(99)100)63-74(112)90-55(31-57(95)48-18-10-12-19-49(48)78)76(114)115-42(5)64(75(113)93(6)36-60(98)85-51(21-14-28-77)70(108)83-39(2)65(103)82-40(3)66(104)87-54(33-62(101)102)69(107)81-35-59(97)86-56(37-94)73(111)91-63)92-67(105)41(4)84-71(109)53(32-58(79)96)89-72(110)52(30-46-34-80-50-20-13-11-17-47(46)50)88-68(106)45-26-24-44(25-27-45)23-22-43-15-8-7-9-16-43/h7-13,15-20,24-27,34,38-42,51-56,63-64,80,94H,14,21,28-33,35-37,77-78H2,1-6H3,(H2,79,96)(H,81,107)(H,82,103)(H,83,108)(H,84,109)(H,85,98)(H,86,97)(H,87,104)(H,88,106)(H,89,110)(H,90,112)(H,91,111)(H,92,105)(H,99,100)(H,101,102)/t38?,39-,40+,41-,42+,51-,52-,53+,54-,55-,56+,63-,64-/m0/s1. The molecule has 13 atom stereocenters. The van der Waals surface area contributed by atoms with E-state index in [0.29, 0.717) is 26.9 Å². The van der Waals surface area contributed by atoms with Crippen LogP contribution in [-0.2, 0) is 87.9 Å². The SMILES string of the molecule is CC(CC(=O)O)[C@@H]1NC(=O)[C@@H](CO)NC(=O)CNC(=O)[C@H](CC(=O)O)NC(=O)[C@@H](C)NC(=O)[C@H](C)NC(=O)[C@H](CCCN)NC(=O)CN(C)C(=O)[C@@H](NC(=O)[C@H](C)NC(=O)[C@@H](CC(N)=O)NC(=O)[C@H](Cc2c[nH]c3ccccc23)NC(=O)c2ccc(C#Cc3ccccc3)cc2)[C@@H](C)OC(=O)[C@H](CC(=O)c2ccccc2N)NC1=O. The molecule has 1 aromatic heterocycles. The second kappa shape index (κ2) is 43.2. The van der Waals surface area contributed by atoms with Gasteiger partial charge in [0, 0.05) is 64.9 Å². The predicted molar refractivity (Wildman–Crippen MR) is 407 cm³/mol. The Kier molecular flexibility index (Phi) is 33.9. The van der Waals surface area contributed by atoms with Crippen LogP contribution in [0, 0.1) is 17.8 Å². The lowest BCUT2D eigenvalue weighted by Gasteiger charge is -2.31. The molecule has 1 unspecified atom stereocenters. The largest absolute Gasteiger partial charge is 0.481 e. The number of aliphatic hydroxyl groups is 1. The Morgan fingerprint density at radius 1 is 0.609 bits per heavy atom. The lowest BCUT2D eigenvalue weighted by atomic mass is 9.96. The molecule has 0 spiro atoms. The summed E-state index contributed by atoms with van der Waals surface area (Å²) < 4.78 is 5.80. The molecule has 39 heteroatoms. The number of carbonyl (C=O) groups is 18. The molecule has 614 valence electrons. The number of nitrogens with two attached hydrogens (primary N) is 3. The highest BCUT2D eigenvalue weighted by Gasteiger charge is 2.41. The summed E-state index contributed by atoms with van der Waals surface area (Å²) in [5.41, 5.74) is 19.8. The summed E-state index contributed by atoms with van der Waals surface area (Å²) in [4.78, 5) is 253. The highest BCUT2D eigenvalue weighted by molar-refractivity contribution is 6.05. The molecule has 0 bridgehead atoms. The maximum Gasteiger partial charge on any atom is 0.329 e. The fourth-order valence-electron chi connectivity index (χ4n) is 11.6. The lowest BCUT2D eigenvalue weighted by Crippen LogP contribution is -2.61. The van der Waals surface area contributed by atoms with Gasteiger partial charge in [0.25, 0.3) is 5.91 Å². The quantitative estimate of drug-likeness (QED) is 0.0120. The molecule has 6 rings (SSSR count). The summed E-state index contributed by atoms with van der Waals surface area (Å²) in [6.07, 6.45) is -4.78. The van der Waals surface area contributed by atoms with Gasteiger partial charge in [0.15, 0.2) is 5.78 Å². The van der Waals surface area contributed by atoms with Gasteiger partial charge in [0.05, 0.1) is 39.0 Å². The number of para-hydroxylation sites is 2. The van der Waals surface area contributed by atoms with E-state index in [4.69, 9.17) is 21.9 Å². The molecular formula is C76H93N17O22. The number of H-pyrrole nitrogens is 1. The summed E-state index contributed by atoms with van der Waals surface area (Å²) in [6.45, 7) is 2.11. The van der Waals surface area contributed by atoms with Gasteiger partial charge in [0.2, 0.25) is 76.8 Å². The maximum absolute atomic E-state index is 15.0. The number of primary amides is 1. The monoisotopic (exact) mass is 1600 g/mol. The zero-order valence-corrected chi connectivity index (χ0v) is 63.5. The summed E-state index contributed by atoms with van der Waals surface area (Å²) in [7, 11) is 1.01. The number of fused-ring (bicyclic) bond motifs is 1. The van der Waals surface area contributed by atoms with Crippen LogP contribution >= 0.6 is 0 Å². The molecule has 5 aromatic rings. The number of carbonyl (C=O) groups excluding carboxylic acids is 16. The first-order chi connectivity index (χ1) is 54.5. The molecule has 4 aromatic carbocycles. The summed E-state index contributed by atoms with van der Waals surface area (Å²) in [5, 5.41) is 58.1. The zero-order valence-electron chi connectivity index (χ0n) is 63.5. The van der Waals surface area contributed by atoms with Gasteiger partial charge >= 0.3 is 17.9 Å². The van der Waals surface area contributed by atoms with E-state index in [9.17, 15) is 96.8 Å². The van der Waals surface area contributed by atoms with E-state index in [1.54, 1.807) is 42.6 Å². The van der Waals surface area contributed by atoms with Crippen molar-refractivity contribution in [1.29, 1.82) is 0 Å². The van der Waals surface area contributed by atoms with Crippen LogP contribution in [0.3, 0.4) is 0 Å². The number of anilines is 1. The number of aromatic nitrogens is 1. The molecule has 0 saturated carbocycles. The number of rotatable bonds is 24. The average molecular weight is 1600 g/mol. The van der Waals surface area contributed by atoms with E-state index in [2.05, 4.69) is 80.6 Å². The Morgan fingerprint density at radius 3 is 1.83 bits per heavy atom. The third-order valence-corrected chi connectivity index (χ3v) is 17.9. The van der Waals surface area contributed by atoms with E-state index in [1.165, 1.54) is 43.3 Å². The maximum atomic E-state index is 15.0. The zero-order chi connectivity index (χ0) is 84.9. The Bertz CT molecular complexity index is 4530. The number of nitrogens with one attached hydrogen (secondary N) is 13. The van der Waals surface area contributed by atoms with Crippen molar-refractivity contribution < 1.29 is 106 Å². The van der Waals surface area contributed by atoms with Crippen LogP contribution < -0.4 is 81.0 Å². The second-order valence-electron chi connectivity index (χ2n) is 27.1. The highest BCUT2D eigenvalue weighted by atomic mass is 16.5. The van der Waals surface area contributed by atoms with E-state index < -0.39 is 230 Å². The van der Waals surface area contributed by atoms with Crippen LogP contribution in [-0.4, -0.2) is 237 Å². The van der Waals surface area contributed by atoms with Crippen molar-refractivity contribution in [2.75, 3.05) is 39.0 Å². The third kappa shape index (κ3) is 27.7. The number of carboxylic acids is 2. The van der Waals surface area contributed by atoms with Crippen molar-refractivity contribution in [2.45, 2.75) is 152 Å². The third-order valence-electron chi connectivity index (χ3n) is 17.9. The number of likely N-dealkylation sites (N-methyl/N-ethyl adjacent to an activating group) is 1. The predicted octanol–water partition coefficient (Wildman–Crippen LogP) is -4.62. The van der Waals surface area contributed by atoms with Crippen LogP contribution in [0.5, 0.6) is 0 Å². The molecule has 22 N–H and O–H groups in total. The van der Waals surface area contributed by atoms with E-state index in [1.807, 2.05) is 30.3 Å². The van der Waals surface area contributed by atoms with Crippen LogP contribution in [0.2, 0.25) is 0 Å². The first kappa shape index (κ1) is 90.2. The normalized spacial score (nSPS) is 21.1. The summed E-state index contributed by atoms with van der Waals surface area (Å²) in [6, 6.07) is 7.32. The smallest absolute Gasteiger partial charge is 0.329 e. The van der Waals surface area contributed by atoms with Crippen molar-refractivity contribution in [3.63, 3.8) is 0 Å². The lowest BCUT2D eigenvalue weighted by molar-refractivity contribution is -0.158. The first-order valence-corrected chi connectivity index (χ1v) is 36.2. The van der Waals surface area contributed by atoms with Gasteiger partial charge < -0.3 is 111 Å². The summed E-state index contributed by atoms with van der Waals surface area (Å²) in [5.74, 6) is -17.7. The number of amides is 14. The molecule has 2 heterocycles. The number of esters is 1. The van der Waals surface area contributed by atoms with Crippen molar-refractivity contribution in [1.82, 2.24) is 73.7 Å².